The normalized spacial score (nSPS) is 17.6. The Labute approximate surface area is 275 Å². The van der Waals surface area contributed by atoms with Crippen LogP contribution < -0.4 is 10.6 Å². The molecule has 11 heteroatoms. The van der Waals surface area contributed by atoms with Gasteiger partial charge in [0.1, 0.15) is 12.7 Å². The quantitative estimate of drug-likeness (QED) is 0.0708. The molecule has 0 aliphatic heterocycles. The fraction of sp³-hybridized carbons (Fsp3) is 0.735. The summed E-state index contributed by atoms with van der Waals surface area (Å²) in [6.07, 6.45) is 6.49. The molecular formula is C34H64N2O7Si2. The molecule has 0 radical (unpaired) electrons. The van der Waals surface area contributed by atoms with Crippen LogP contribution in [0.2, 0.25) is 36.3 Å². The number of aliphatic hydroxyl groups is 1. The Hall–Kier alpha value is -2.06. The Morgan fingerprint density at radius 1 is 0.933 bits per heavy atom. The molecule has 2 amide bonds. The van der Waals surface area contributed by atoms with Crippen molar-refractivity contribution in [2.75, 3.05) is 13.2 Å². The number of hydrogen-bond donors (Lipinski definition) is 3. The molecule has 0 bridgehead atoms. The molecule has 0 aliphatic carbocycles. The maximum absolute atomic E-state index is 13.4. The van der Waals surface area contributed by atoms with E-state index >= 15 is 0 Å². The van der Waals surface area contributed by atoms with Gasteiger partial charge in [0.15, 0.2) is 28.3 Å². The molecule has 0 saturated carbocycles. The van der Waals surface area contributed by atoms with Crippen LogP contribution in [0.25, 0.3) is 0 Å². The van der Waals surface area contributed by atoms with Crippen LogP contribution in [0.4, 0.5) is 0 Å². The van der Waals surface area contributed by atoms with Gasteiger partial charge in [0.25, 0.3) is 5.91 Å². The summed E-state index contributed by atoms with van der Waals surface area (Å²) in [5, 5.41) is 16.5. The van der Waals surface area contributed by atoms with Crippen molar-refractivity contribution in [1.82, 2.24) is 10.6 Å². The van der Waals surface area contributed by atoms with E-state index in [9.17, 15) is 19.5 Å². The van der Waals surface area contributed by atoms with Crippen LogP contribution >= 0.6 is 0 Å². The summed E-state index contributed by atoms with van der Waals surface area (Å²) in [6.45, 7) is 33.1. The van der Waals surface area contributed by atoms with Crippen molar-refractivity contribution in [3.8, 4) is 0 Å². The molecule has 9 nitrogen and oxygen atoms in total. The minimum Gasteiger partial charge on any atom is -0.460 e. The maximum Gasteiger partial charge on any atom is 0.331 e. The second kappa shape index (κ2) is 17.2. The second-order valence-electron chi connectivity index (χ2n) is 15.3. The summed E-state index contributed by atoms with van der Waals surface area (Å²) in [7, 11) is -4.73. The zero-order valence-electron chi connectivity index (χ0n) is 30.8. The van der Waals surface area contributed by atoms with Crippen molar-refractivity contribution in [3.63, 3.8) is 0 Å². The summed E-state index contributed by atoms with van der Waals surface area (Å²) < 4.78 is 18.2. The Morgan fingerprint density at radius 3 is 1.91 bits per heavy atom. The van der Waals surface area contributed by atoms with Gasteiger partial charge in [-0.15, -0.1) is 0 Å². The van der Waals surface area contributed by atoms with Crippen molar-refractivity contribution in [1.29, 1.82) is 0 Å². The summed E-state index contributed by atoms with van der Waals surface area (Å²) in [5.74, 6) is -1.69. The fourth-order valence-electron chi connectivity index (χ4n) is 3.70. The van der Waals surface area contributed by atoms with Gasteiger partial charge in [-0.05, 0) is 63.0 Å². The molecule has 45 heavy (non-hydrogen) atoms. The van der Waals surface area contributed by atoms with E-state index in [1.165, 1.54) is 13.0 Å². The lowest BCUT2D eigenvalue weighted by molar-refractivity contribution is -0.149. The molecule has 5 atom stereocenters. The highest BCUT2D eigenvalue weighted by Crippen LogP contribution is 2.39. The third kappa shape index (κ3) is 13.7. The predicted molar refractivity (Wildman–Crippen MR) is 189 cm³/mol. The van der Waals surface area contributed by atoms with Crippen molar-refractivity contribution in [2.24, 2.45) is 5.92 Å². The van der Waals surface area contributed by atoms with Crippen LogP contribution in [-0.4, -0.2) is 76.5 Å². The molecule has 0 aromatic rings. The van der Waals surface area contributed by atoms with Gasteiger partial charge in [0, 0.05) is 0 Å². The van der Waals surface area contributed by atoms with E-state index in [1.54, 1.807) is 13.0 Å². The van der Waals surface area contributed by atoms with Crippen LogP contribution in [0.1, 0.15) is 82.6 Å². The Balaban J connectivity index is 6.04. The highest BCUT2D eigenvalue weighted by molar-refractivity contribution is 6.74. The van der Waals surface area contributed by atoms with Crippen LogP contribution in [-0.2, 0) is 28.0 Å². The van der Waals surface area contributed by atoms with Crippen molar-refractivity contribution in [3.05, 3.63) is 36.5 Å². The molecule has 0 aromatic heterocycles. The van der Waals surface area contributed by atoms with Gasteiger partial charge in [0.05, 0.1) is 12.6 Å². The maximum atomic E-state index is 13.4. The molecular weight excluding hydrogens is 605 g/mol. The molecule has 0 saturated heterocycles. The summed E-state index contributed by atoms with van der Waals surface area (Å²) in [4.78, 5) is 39.4. The van der Waals surface area contributed by atoms with E-state index in [4.69, 9.17) is 13.6 Å². The van der Waals surface area contributed by atoms with Crippen molar-refractivity contribution in [2.45, 2.75) is 143 Å². The number of amides is 2. The molecule has 0 aliphatic rings. The van der Waals surface area contributed by atoms with E-state index in [2.05, 4.69) is 105 Å². The van der Waals surface area contributed by atoms with Gasteiger partial charge in [-0.3, -0.25) is 9.59 Å². The van der Waals surface area contributed by atoms with Gasteiger partial charge in [-0.2, -0.15) is 0 Å². The summed E-state index contributed by atoms with van der Waals surface area (Å²) in [5.41, 5.74) is -1.00. The average molecular weight is 669 g/mol. The predicted octanol–water partition coefficient (Wildman–Crippen LogP) is 6.42. The van der Waals surface area contributed by atoms with Gasteiger partial charge < -0.3 is 29.3 Å². The third-order valence-electron chi connectivity index (χ3n) is 9.05. The largest absolute Gasteiger partial charge is 0.460 e. The second-order valence-corrected chi connectivity index (χ2v) is 24.8. The molecule has 0 fully saturated rings. The van der Waals surface area contributed by atoms with Gasteiger partial charge >= 0.3 is 5.97 Å². The van der Waals surface area contributed by atoms with E-state index < -0.39 is 64.8 Å². The number of hydrogen-bond acceptors (Lipinski definition) is 7. The molecule has 0 aromatic carbocycles. The van der Waals surface area contributed by atoms with Gasteiger partial charge in [-0.25, -0.2) is 4.79 Å². The summed E-state index contributed by atoms with van der Waals surface area (Å²) >= 11 is 0. The van der Waals surface area contributed by atoms with Crippen molar-refractivity contribution < 1.29 is 33.1 Å². The minimum absolute atomic E-state index is 0.0211. The Morgan fingerprint density at radius 2 is 1.44 bits per heavy atom. The molecule has 0 heterocycles. The highest BCUT2D eigenvalue weighted by Gasteiger charge is 2.46. The first kappa shape index (κ1) is 42.9. The van der Waals surface area contributed by atoms with Crippen molar-refractivity contribution >= 4 is 34.4 Å². The Kier molecular flexibility index (Phi) is 16.4. The van der Waals surface area contributed by atoms with Crippen LogP contribution in [0.15, 0.2) is 36.5 Å². The van der Waals surface area contributed by atoms with Gasteiger partial charge in [-0.1, -0.05) is 98.3 Å². The number of esters is 1. The lowest BCUT2D eigenvalue weighted by Gasteiger charge is -2.42. The van der Waals surface area contributed by atoms with Gasteiger partial charge in [0.2, 0.25) is 5.91 Å². The SMILES string of the molecule is C=CCOC(=O)[C@@H](NC(=O)CNC(=O)[C@@](C)(O)[C@@H](/C=C\C(C)=C\[C@H](C)CC)O[Si](C)(C)C(C)(C)C)[C@@H](C)O[Si](C)(C)C(C)(C)C. The number of nitrogens with one attached hydrogen (secondary N) is 2. The number of allylic oxidation sites excluding steroid dienone is 3. The third-order valence-corrected chi connectivity index (χ3v) is 18.1. The number of ether oxygens (including phenoxy) is 1. The fourth-order valence-corrected chi connectivity index (χ4v) is 6.41. The van der Waals surface area contributed by atoms with Crippen LogP contribution in [0.5, 0.6) is 0 Å². The van der Waals surface area contributed by atoms with E-state index in [0.717, 1.165) is 12.0 Å². The molecule has 260 valence electrons. The zero-order chi connectivity index (χ0) is 35.6. The van der Waals surface area contributed by atoms with Crippen LogP contribution in [0.3, 0.4) is 0 Å². The molecule has 0 rings (SSSR count). The number of rotatable bonds is 17. The van der Waals surface area contributed by atoms with E-state index in [1.807, 2.05) is 13.0 Å². The monoisotopic (exact) mass is 668 g/mol. The topological polar surface area (TPSA) is 123 Å². The molecule has 0 spiro atoms. The number of carbonyl (C=O) groups is 3. The smallest absolute Gasteiger partial charge is 0.331 e. The lowest BCUT2D eigenvalue weighted by Crippen LogP contribution is -2.59. The first-order valence-electron chi connectivity index (χ1n) is 16.0. The van der Waals surface area contributed by atoms with E-state index in [0.29, 0.717) is 5.92 Å². The van der Waals surface area contributed by atoms with Crippen LogP contribution in [0, 0.1) is 5.92 Å². The zero-order valence-corrected chi connectivity index (χ0v) is 32.8. The first-order chi connectivity index (χ1) is 20.2. The average Bonchev–Trinajstić information content (AvgIpc) is 2.89. The van der Waals surface area contributed by atoms with E-state index in [-0.39, 0.29) is 16.7 Å². The first-order valence-corrected chi connectivity index (χ1v) is 21.8. The summed E-state index contributed by atoms with van der Waals surface area (Å²) in [6, 6.07) is -1.11. The molecule has 0 unspecified atom stereocenters. The Bertz CT molecular complexity index is 1070. The highest BCUT2D eigenvalue weighted by atomic mass is 28.4. The minimum atomic E-state index is -2.43. The molecule has 3 N–H and O–H groups in total. The standard InChI is InChI=1S/C34H64N2O7Si2/c1-17-21-41-30(38)29(26(5)42-44(13,14)32(6,7)8)36-28(37)23-35-31(39)34(12,40)27(43-45(15,16)33(9,10)11)20-19-25(4)22-24(3)18-2/h17,19-20,22,24,26-27,29,40H,1,18,21,23H2,2-16H3,(H,35,39)(H,36,37)/b20-19-,25-22+/t24-,26-,27-,29+,34+/m1/s1. The lowest BCUT2D eigenvalue weighted by atomic mass is 9.96. The number of carbonyl (C=O) groups excluding carboxylic acids is 3.